The van der Waals surface area contributed by atoms with E-state index >= 15 is 0 Å². The predicted octanol–water partition coefficient (Wildman–Crippen LogP) is 0.831. The summed E-state index contributed by atoms with van der Waals surface area (Å²) in [7, 11) is 2.09. The number of amides is 2. The first-order valence-electron chi connectivity index (χ1n) is 7.37. The molecule has 3 atom stereocenters. The molecule has 3 unspecified atom stereocenters. The molecular formula is C14H25N3O3. The molecule has 0 aromatic heterocycles. The van der Waals surface area contributed by atoms with Crippen LogP contribution in [0.2, 0.25) is 0 Å². The maximum Gasteiger partial charge on any atom is 0.317 e. The number of aliphatic carboxylic acids is 1. The van der Waals surface area contributed by atoms with Crippen molar-refractivity contribution in [1.29, 1.82) is 0 Å². The van der Waals surface area contributed by atoms with Gasteiger partial charge in [0.1, 0.15) is 0 Å². The molecular weight excluding hydrogens is 258 g/mol. The van der Waals surface area contributed by atoms with Crippen molar-refractivity contribution in [3.05, 3.63) is 0 Å². The van der Waals surface area contributed by atoms with E-state index in [1.807, 2.05) is 6.92 Å². The lowest BCUT2D eigenvalue weighted by Crippen LogP contribution is -2.45. The van der Waals surface area contributed by atoms with Gasteiger partial charge in [0.05, 0.1) is 5.92 Å². The summed E-state index contributed by atoms with van der Waals surface area (Å²) in [6.45, 7) is 5.43. The number of likely N-dealkylation sites (tertiary alicyclic amines) is 1. The number of nitrogens with one attached hydrogen (secondary N) is 1. The lowest BCUT2D eigenvalue weighted by atomic mass is 9.99. The second-order valence-corrected chi connectivity index (χ2v) is 6.26. The minimum Gasteiger partial charge on any atom is -0.481 e. The van der Waals surface area contributed by atoms with E-state index in [4.69, 9.17) is 5.11 Å². The van der Waals surface area contributed by atoms with Crippen LogP contribution in [0.3, 0.4) is 0 Å². The van der Waals surface area contributed by atoms with Crippen molar-refractivity contribution in [2.75, 3.05) is 26.7 Å². The Kier molecular flexibility index (Phi) is 4.52. The van der Waals surface area contributed by atoms with E-state index in [2.05, 4.69) is 24.2 Å². The Morgan fingerprint density at radius 2 is 2.05 bits per heavy atom. The van der Waals surface area contributed by atoms with Gasteiger partial charge in [-0.1, -0.05) is 6.92 Å². The zero-order chi connectivity index (χ0) is 14.9. The number of hydrogen-bond donors (Lipinski definition) is 2. The molecule has 1 aliphatic heterocycles. The van der Waals surface area contributed by atoms with Gasteiger partial charge in [0.15, 0.2) is 0 Å². The Hall–Kier alpha value is -1.30. The summed E-state index contributed by atoms with van der Waals surface area (Å²) in [4.78, 5) is 27.0. The van der Waals surface area contributed by atoms with Crippen molar-refractivity contribution in [1.82, 2.24) is 15.1 Å². The molecule has 0 aromatic carbocycles. The second kappa shape index (κ2) is 5.99. The van der Waals surface area contributed by atoms with Gasteiger partial charge in [-0.3, -0.25) is 9.69 Å². The van der Waals surface area contributed by atoms with E-state index in [0.717, 1.165) is 0 Å². The number of likely N-dealkylation sites (N-methyl/N-ethyl adjacent to an activating group) is 1. The Morgan fingerprint density at radius 3 is 2.55 bits per heavy atom. The van der Waals surface area contributed by atoms with Crippen molar-refractivity contribution in [3.63, 3.8) is 0 Å². The molecule has 1 saturated heterocycles. The normalized spacial score (nSPS) is 27.7. The van der Waals surface area contributed by atoms with E-state index in [1.165, 1.54) is 12.8 Å². The molecule has 0 spiro atoms. The fourth-order valence-electron chi connectivity index (χ4n) is 2.79. The van der Waals surface area contributed by atoms with Gasteiger partial charge < -0.3 is 15.3 Å². The Bertz CT molecular complexity index is 384. The summed E-state index contributed by atoms with van der Waals surface area (Å²) < 4.78 is 0. The zero-order valence-corrected chi connectivity index (χ0v) is 12.5. The van der Waals surface area contributed by atoms with E-state index in [9.17, 15) is 9.59 Å². The number of nitrogens with zero attached hydrogens (tertiary/aromatic N) is 2. The number of carboxylic acid groups (broad SMARTS) is 1. The molecule has 2 amide bonds. The Labute approximate surface area is 120 Å². The van der Waals surface area contributed by atoms with Gasteiger partial charge in [0.25, 0.3) is 0 Å². The molecule has 0 bridgehead atoms. The van der Waals surface area contributed by atoms with Crippen LogP contribution in [0.25, 0.3) is 0 Å². The maximum atomic E-state index is 12.1. The van der Waals surface area contributed by atoms with Crippen molar-refractivity contribution in [3.8, 4) is 0 Å². The summed E-state index contributed by atoms with van der Waals surface area (Å²) in [5.74, 6) is -1.23. The van der Waals surface area contributed by atoms with Gasteiger partial charge in [-0.15, -0.1) is 0 Å². The third-order valence-corrected chi connectivity index (χ3v) is 4.58. The summed E-state index contributed by atoms with van der Waals surface area (Å²) in [5, 5.41) is 12.0. The van der Waals surface area contributed by atoms with E-state index in [0.29, 0.717) is 31.7 Å². The maximum absolute atomic E-state index is 12.1. The van der Waals surface area contributed by atoms with E-state index in [1.54, 1.807) is 4.90 Å². The van der Waals surface area contributed by atoms with E-state index in [-0.39, 0.29) is 11.9 Å². The molecule has 2 N–H and O–H groups in total. The highest BCUT2D eigenvalue weighted by Gasteiger charge is 2.37. The second-order valence-electron chi connectivity index (χ2n) is 6.26. The Morgan fingerprint density at radius 1 is 1.40 bits per heavy atom. The highest BCUT2D eigenvalue weighted by molar-refractivity contribution is 5.77. The fraction of sp³-hybridized carbons (Fsp3) is 0.857. The van der Waals surface area contributed by atoms with E-state index < -0.39 is 11.9 Å². The quantitative estimate of drug-likeness (QED) is 0.784. The third-order valence-electron chi connectivity index (χ3n) is 4.58. The number of carboxylic acids is 1. The summed E-state index contributed by atoms with van der Waals surface area (Å²) in [6, 6.07) is 0.837. The lowest BCUT2D eigenvalue weighted by molar-refractivity contribution is -0.142. The highest BCUT2D eigenvalue weighted by atomic mass is 16.4. The average molecular weight is 283 g/mol. The summed E-state index contributed by atoms with van der Waals surface area (Å²) in [5.41, 5.74) is 0. The highest BCUT2D eigenvalue weighted by Crippen LogP contribution is 2.27. The monoisotopic (exact) mass is 283 g/mol. The van der Waals surface area contributed by atoms with Gasteiger partial charge in [0.2, 0.25) is 0 Å². The van der Waals surface area contributed by atoms with Gasteiger partial charge in [0, 0.05) is 31.7 Å². The number of urea groups is 1. The van der Waals surface area contributed by atoms with Crippen molar-refractivity contribution >= 4 is 12.0 Å². The third kappa shape index (κ3) is 3.42. The topological polar surface area (TPSA) is 72.9 Å². The largest absolute Gasteiger partial charge is 0.481 e. The van der Waals surface area contributed by atoms with Crippen LogP contribution in [0.15, 0.2) is 0 Å². The molecule has 6 heteroatoms. The van der Waals surface area contributed by atoms with Gasteiger partial charge in [-0.25, -0.2) is 4.79 Å². The van der Waals surface area contributed by atoms with Crippen LogP contribution >= 0.6 is 0 Å². The SMILES string of the molecule is CC1CN(C(=O)NCC(C)N(C)C2CC2)CC1C(=O)O. The molecule has 1 saturated carbocycles. The smallest absolute Gasteiger partial charge is 0.317 e. The zero-order valence-electron chi connectivity index (χ0n) is 12.5. The van der Waals surface area contributed by atoms with Crippen LogP contribution in [0.4, 0.5) is 4.79 Å². The van der Waals surface area contributed by atoms with Gasteiger partial charge in [-0.05, 0) is 32.7 Å². The van der Waals surface area contributed by atoms with Crippen LogP contribution in [-0.4, -0.2) is 65.7 Å². The van der Waals surface area contributed by atoms with Crippen molar-refractivity contribution < 1.29 is 14.7 Å². The van der Waals surface area contributed by atoms with Crippen LogP contribution in [0, 0.1) is 11.8 Å². The molecule has 20 heavy (non-hydrogen) atoms. The molecule has 0 radical (unpaired) electrons. The molecule has 6 nitrogen and oxygen atoms in total. The molecule has 114 valence electrons. The Balaban J connectivity index is 1.76. The number of carbonyl (C=O) groups is 2. The van der Waals surface area contributed by atoms with Crippen LogP contribution in [0.5, 0.6) is 0 Å². The number of carbonyl (C=O) groups excluding carboxylic acids is 1. The molecule has 0 aromatic rings. The number of rotatable bonds is 5. The van der Waals surface area contributed by atoms with Crippen molar-refractivity contribution in [2.24, 2.45) is 11.8 Å². The summed E-state index contributed by atoms with van der Waals surface area (Å²) >= 11 is 0. The summed E-state index contributed by atoms with van der Waals surface area (Å²) in [6.07, 6.45) is 2.50. The minimum absolute atomic E-state index is 0.0183. The predicted molar refractivity (Wildman–Crippen MR) is 75.5 cm³/mol. The molecule has 2 aliphatic rings. The fourth-order valence-corrected chi connectivity index (χ4v) is 2.79. The molecule has 2 fully saturated rings. The first kappa shape index (κ1) is 15.1. The van der Waals surface area contributed by atoms with Crippen molar-refractivity contribution in [2.45, 2.75) is 38.8 Å². The van der Waals surface area contributed by atoms with Gasteiger partial charge in [-0.2, -0.15) is 0 Å². The minimum atomic E-state index is -0.811. The first-order valence-corrected chi connectivity index (χ1v) is 7.37. The number of hydrogen-bond acceptors (Lipinski definition) is 3. The van der Waals surface area contributed by atoms with Gasteiger partial charge >= 0.3 is 12.0 Å². The first-order chi connectivity index (χ1) is 9.40. The average Bonchev–Trinajstić information content (AvgIpc) is 3.17. The lowest BCUT2D eigenvalue weighted by Gasteiger charge is -2.26. The standard InChI is InChI=1S/C14H25N3O3/c1-9-7-17(8-12(9)13(18)19)14(20)15-6-10(2)16(3)11-4-5-11/h9-12H,4-8H2,1-3H3,(H,15,20)(H,18,19). The van der Waals surface area contributed by atoms with Crippen LogP contribution in [-0.2, 0) is 4.79 Å². The molecule has 1 heterocycles. The van der Waals surface area contributed by atoms with Crippen LogP contribution in [0.1, 0.15) is 26.7 Å². The van der Waals surface area contributed by atoms with Crippen LogP contribution < -0.4 is 5.32 Å². The molecule has 1 aliphatic carbocycles. The molecule has 2 rings (SSSR count).